The number of carboxylic acid groups (broad SMARTS) is 1. The van der Waals surface area contributed by atoms with Crippen molar-refractivity contribution in [1.82, 2.24) is 5.32 Å². The van der Waals surface area contributed by atoms with Crippen LogP contribution in [0.1, 0.15) is 48.9 Å². The molecular formula is C13H19NO3. The van der Waals surface area contributed by atoms with Gasteiger partial charge >= 0.3 is 5.97 Å². The summed E-state index contributed by atoms with van der Waals surface area (Å²) in [5.74, 6) is 0.437. The highest BCUT2D eigenvalue weighted by Crippen LogP contribution is 2.27. The Morgan fingerprint density at radius 1 is 1.53 bits per heavy atom. The normalized spacial score (nSPS) is 18.4. The van der Waals surface area contributed by atoms with Crippen LogP contribution in [-0.4, -0.2) is 17.1 Å². The molecule has 0 bridgehead atoms. The molecule has 1 aromatic rings. The van der Waals surface area contributed by atoms with E-state index in [4.69, 9.17) is 9.52 Å². The number of furan rings is 1. The maximum Gasteiger partial charge on any atom is 0.371 e. The van der Waals surface area contributed by atoms with Crippen LogP contribution in [0.25, 0.3) is 0 Å². The number of hydrogen-bond acceptors (Lipinski definition) is 3. The van der Waals surface area contributed by atoms with Gasteiger partial charge in [-0.25, -0.2) is 4.79 Å². The summed E-state index contributed by atoms with van der Waals surface area (Å²) >= 11 is 0. The van der Waals surface area contributed by atoms with Gasteiger partial charge in [-0.05, 0) is 37.8 Å². The molecular weight excluding hydrogens is 218 g/mol. The van der Waals surface area contributed by atoms with Gasteiger partial charge in [0.15, 0.2) is 0 Å². The van der Waals surface area contributed by atoms with Crippen molar-refractivity contribution >= 4 is 5.97 Å². The molecule has 17 heavy (non-hydrogen) atoms. The van der Waals surface area contributed by atoms with Gasteiger partial charge in [-0.15, -0.1) is 0 Å². The van der Waals surface area contributed by atoms with E-state index in [1.165, 1.54) is 31.7 Å². The zero-order valence-corrected chi connectivity index (χ0v) is 10.1. The molecule has 0 radical (unpaired) electrons. The van der Waals surface area contributed by atoms with Gasteiger partial charge in [0.05, 0.1) is 6.54 Å². The van der Waals surface area contributed by atoms with Gasteiger partial charge in [-0.2, -0.15) is 0 Å². The standard InChI is InChI=1S/C13H19NO3/c1-9(10-4-2-3-5-10)14-8-11-6-7-12(17-11)13(15)16/h6-7,9-10,14H,2-5,8H2,1H3,(H,15,16). The average Bonchev–Trinajstić information content (AvgIpc) is 2.97. The third-order valence-electron chi connectivity index (χ3n) is 3.58. The number of carbonyl (C=O) groups is 1. The molecule has 0 spiro atoms. The first kappa shape index (κ1) is 12.2. The SMILES string of the molecule is CC(NCc1ccc(C(=O)O)o1)C1CCCC1. The molecule has 1 heterocycles. The summed E-state index contributed by atoms with van der Waals surface area (Å²) < 4.78 is 5.20. The lowest BCUT2D eigenvalue weighted by Crippen LogP contribution is -2.31. The van der Waals surface area contributed by atoms with E-state index >= 15 is 0 Å². The van der Waals surface area contributed by atoms with Crippen LogP contribution in [0.2, 0.25) is 0 Å². The Balaban J connectivity index is 1.82. The molecule has 1 aliphatic rings. The van der Waals surface area contributed by atoms with Crippen molar-refractivity contribution in [3.8, 4) is 0 Å². The molecule has 1 aromatic heterocycles. The van der Waals surface area contributed by atoms with Crippen molar-refractivity contribution in [2.45, 2.75) is 45.2 Å². The molecule has 4 nitrogen and oxygen atoms in total. The fraction of sp³-hybridized carbons (Fsp3) is 0.615. The van der Waals surface area contributed by atoms with Gasteiger partial charge in [0.25, 0.3) is 0 Å². The van der Waals surface area contributed by atoms with E-state index < -0.39 is 5.97 Å². The van der Waals surface area contributed by atoms with E-state index in [2.05, 4.69) is 12.2 Å². The minimum atomic E-state index is -1.01. The van der Waals surface area contributed by atoms with Crippen LogP contribution < -0.4 is 5.32 Å². The maximum atomic E-state index is 10.6. The van der Waals surface area contributed by atoms with Gasteiger partial charge in [0.1, 0.15) is 5.76 Å². The molecule has 2 rings (SSSR count). The predicted octanol–water partition coefficient (Wildman–Crippen LogP) is 2.65. The lowest BCUT2D eigenvalue weighted by molar-refractivity contribution is 0.0660. The second-order valence-electron chi connectivity index (χ2n) is 4.79. The quantitative estimate of drug-likeness (QED) is 0.826. The number of carboxylic acids is 1. The van der Waals surface area contributed by atoms with E-state index in [0.29, 0.717) is 18.3 Å². The van der Waals surface area contributed by atoms with Crippen LogP contribution in [-0.2, 0) is 6.54 Å². The van der Waals surface area contributed by atoms with E-state index in [1.54, 1.807) is 6.07 Å². The number of nitrogens with one attached hydrogen (secondary N) is 1. The minimum absolute atomic E-state index is 0.00956. The zero-order chi connectivity index (χ0) is 12.3. The Morgan fingerprint density at radius 3 is 2.82 bits per heavy atom. The van der Waals surface area contributed by atoms with Gasteiger partial charge in [0.2, 0.25) is 5.76 Å². The van der Waals surface area contributed by atoms with Crippen molar-refractivity contribution in [2.24, 2.45) is 5.92 Å². The number of hydrogen-bond donors (Lipinski definition) is 2. The number of aromatic carboxylic acids is 1. The van der Waals surface area contributed by atoms with Crippen LogP contribution in [0.4, 0.5) is 0 Å². The largest absolute Gasteiger partial charge is 0.475 e. The molecule has 2 N–H and O–H groups in total. The van der Waals surface area contributed by atoms with Gasteiger partial charge in [-0.1, -0.05) is 12.8 Å². The van der Waals surface area contributed by atoms with E-state index in [-0.39, 0.29) is 5.76 Å². The molecule has 1 unspecified atom stereocenters. The Hall–Kier alpha value is -1.29. The summed E-state index contributed by atoms with van der Waals surface area (Å²) in [7, 11) is 0. The van der Waals surface area contributed by atoms with Crippen molar-refractivity contribution in [1.29, 1.82) is 0 Å². The van der Waals surface area contributed by atoms with Crippen molar-refractivity contribution in [3.05, 3.63) is 23.7 Å². The first-order valence-electron chi connectivity index (χ1n) is 6.22. The molecule has 0 aliphatic heterocycles. The topological polar surface area (TPSA) is 62.5 Å². The molecule has 0 saturated heterocycles. The summed E-state index contributed by atoms with van der Waals surface area (Å²) in [6.07, 6.45) is 5.26. The second kappa shape index (κ2) is 5.36. The summed E-state index contributed by atoms with van der Waals surface area (Å²) in [6, 6.07) is 3.69. The molecule has 1 atom stereocenters. The monoisotopic (exact) mass is 237 g/mol. The Labute approximate surface area is 101 Å². The third kappa shape index (κ3) is 3.09. The van der Waals surface area contributed by atoms with Crippen molar-refractivity contribution in [3.63, 3.8) is 0 Å². The fourth-order valence-corrected chi connectivity index (χ4v) is 2.47. The minimum Gasteiger partial charge on any atom is -0.475 e. The van der Waals surface area contributed by atoms with Crippen LogP contribution in [0.3, 0.4) is 0 Å². The molecule has 0 aromatic carbocycles. The fourth-order valence-electron chi connectivity index (χ4n) is 2.47. The Bertz CT molecular complexity index is 380. The molecule has 1 fully saturated rings. The van der Waals surface area contributed by atoms with Crippen molar-refractivity contribution < 1.29 is 14.3 Å². The highest BCUT2D eigenvalue weighted by molar-refractivity contribution is 5.84. The Morgan fingerprint density at radius 2 is 2.24 bits per heavy atom. The highest BCUT2D eigenvalue weighted by Gasteiger charge is 2.21. The molecule has 0 amide bonds. The molecule has 4 heteroatoms. The molecule has 94 valence electrons. The summed E-state index contributed by atoms with van der Waals surface area (Å²) in [6.45, 7) is 2.79. The maximum absolute atomic E-state index is 10.6. The van der Waals surface area contributed by atoms with Crippen LogP contribution in [0.5, 0.6) is 0 Å². The van der Waals surface area contributed by atoms with Crippen LogP contribution in [0.15, 0.2) is 16.5 Å². The van der Waals surface area contributed by atoms with Crippen LogP contribution >= 0.6 is 0 Å². The summed E-state index contributed by atoms with van der Waals surface area (Å²) in [4.78, 5) is 10.6. The van der Waals surface area contributed by atoms with E-state index in [9.17, 15) is 4.79 Å². The lowest BCUT2D eigenvalue weighted by atomic mass is 10.00. The zero-order valence-electron chi connectivity index (χ0n) is 10.1. The average molecular weight is 237 g/mol. The third-order valence-corrected chi connectivity index (χ3v) is 3.58. The lowest BCUT2D eigenvalue weighted by Gasteiger charge is -2.19. The highest BCUT2D eigenvalue weighted by atomic mass is 16.4. The predicted molar refractivity (Wildman–Crippen MR) is 63.9 cm³/mol. The smallest absolute Gasteiger partial charge is 0.371 e. The van der Waals surface area contributed by atoms with E-state index in [0.717, 1.165) is 5.92 Å². The summed E-state index contributed by atoms with van der Waals surface area (Å²) in [5, 5.41) is 12.1. The molecule has 1 aliphatic carbocycles. The van der Waals surface area contributed by atoms with Gasteiger partial charge in [-0.3, -0.25) is 0 Å². The van der Waals surface area contributed by atoms with Gasteiger partial charge in [0, 0.05) is 6.04 Å². The first-order valence-corrected chi connectivity index (χ1v) is 6.22. The summed E-state index contributed by atoms with van der Waals surface area (Å²) in [5.41, 5.74) is 0. The second-order valence-corrected chi connectivity index (χ2v) is 4.79. The van der Waals surface area contributed by atoms with E-state index in [1.807, 2.05) is 0 Å². The van der Waals surface area contributed by atoms with Crippen molar-refractivity contribution in [2.75, 3.05) is 0 Å². The first-order chi connectivity index (χ1) is 8.16. The van der Waals surface area contributed by atoms with Crippen LogP contribution in [0, 0.1) is 5.92 Å². The Kier molecular flexibility index (Phi) is 3.84. The number of rotatable bonds is 5. The molecule has 1 saturated carbocycles. The van der Waals surface area contributed by atoms with Gasteiger partial charge < -0.3 is 14.8 Å².